The minimum atomic E-state index is 0.590. The van der Waals surface area contributed by atoms with Gasteiger partial charge in [-0.2, -0.15) is 5.10 Å². The number of nitrogen functional groups attached to an aromatic ring is 1. The summed E-state index contributed by atoms with van der Waals surface area (Å²) < 4.78 is 2.85. The van der Waals surface area contributed by atoms with E-state index in [1.165, 1.54) is 12.8 Å². The molecule has 0 aromatic carbocycles. The molecule has 0 saturated heterocycles. The van der Waals surface area contributed by atoms with E-state index in [1.54, 1.807) is 0 Å². The van der Waals surface area contributed by atoms with Crippen molar-refractivity contribution in [1.29, 1.82) is 0 Å². The fourth-order valence-corrected chi connectivity index (χ4v) is 2.07. The molecule has 0 aliphatic heterocycles. The van der Waals surface area contributed by atoms with E-state index in [2.05, 4.69) is 28.0 Å². The fraction of sp³-hybridized carbons (Fsp3) is 0.667. The highest BCUT2D eigenvalue weighted by molar-refractivity contribution is 9.10. The van der Waals surface area contributed by atoms with Gasteiger partial charge < -0.3 is 5.73 Å². The molecule has 1 aliphatic carbocycles. The second-order valence-corrected chi connectivity index (χ2v) is 4.75. The van der Waals surface area contributed by atoms with Crippen LogP contribution in [0.2, 0.25) is 0 Å². The van der Waals surface area contributed by atoms with Gasteiger partial charge >= 0.3 is 0 Å². The van der Waals surface area contributed by atoms with Crippen LogP contribution in [-0.2, 0) is 6.54 Å². The number of hydrogen-bond acceptors (Lipinski definition) is 2. The van der Waals surface area contributed by atoms with Crippen molar-refractivity contribution in [2.45, 2.75) is 26.3 Å². The molecular formula is C9H14BrN3. The summed E-state index contributed by atoms with van der Waals surface area (Å²) >= 11 is 3.35. The van der Waals surface area contributed by atoms with Gasteiger partial charge in [-0.3, -0.25) is 4.68 Å². The Morgan fingerprint density at radius 1 is 1.69 bits per heavy atom. The molecule has 13 heavy (non-hydrogen) atoms. The molecule has 1 fully saturated rings. The molecule has 1 aliphatic rings. The van der Waals surface area contributed by atoms with Crippen LogP contribution in [0.5, 0.6) is 0 Å². The van der Waals surface area contributed by atoms with E-state index in [4.69, 9.17) is 5.73 Å². The molecular weight excluding hydrogens is 230 g/mol. The van der Waals surface area contributed by atoms with Gasteiger partial charge in [0.15, 0.2) is 5.82 Å². The Morgan fingerprint density at radius 2 is 2.46 bits per heavy atom. The third-order valence-electron chi connectivity index (χ3n) is 2.96. The molecule has 1 aromatic heterocycles. The van der Waals surface area contributed by atoms with Crippen molar-refractivity contribution in [3.8, 4) is 0 Å². The van der Waals surface area contributed by atoms with E-state index < -0.39 is 0 Å². The van der Waals surface area contributed by atoms with E-state index in [-0.39, 0.29) is 0 Å². The molecule has 4 heteroatoms. The molecule has 1 saturated carbocycles. The zero-order valence-electron chi connectivity index (χ0n) is 7.70. The third-order valence-corrected chi connectivity index (χ3v) is 3.57. The van der Waals surface area contributed by atoms with Crippen molar-refractivity contribution in [2.24, 2.45) is 11.8 Å². The summed E-state index contributed by atoms with van der Waals surface area (Å²) in [4.78, 5) is 0. The van der Waals surface area contributed by atoms with Crippen molar-refractivity contribution in [3.05, 3.63) is 10.7 Å². The monoisotopic (exact) mass is 243 g/mol. The van der Waals surface area contributed by atoms with Gasteiger partial charge in [0.25, 0.3) is 0 Å². The van der Waals surface area contributed by atoms with Crippen molar-refractivity contribution in [3.63, 3.8) is 0 Å². The van der Waals surface area contributed by atoms with Crippen LogP contribution in [0.3, 0.4) is 0 Å². The second kappa shape index (κ2) is 3.33. The standard InChI is InChI=1S/C9H14BrN3/c1-6-2-3-7(6)4-13-5-8(10)9(11)12-13/h5-7H,2-4H2,1H3,(H2,11,12)/t6-,7+/m0/s1. The molecule has 2 rings (SSSR count). The molecule has 2 atom stereocenters. The van der Waals surface area contributed by atoms with E-state index in [1.807, 2.05) is 10.9 Å². The average molecular weight is 244 g/mol. The molecule has 1 aromatic rings. The predicted octanol–water partition coefficient (Wildman–Crippen LogP) is 2.27. The van der Waals surface area contributed by atoms with Gasteiger partial charge in [-0.15, -0.1) is 0 Å². The minimum absolute atomic E-state index is 0.590. The minimum Gasteiger partial charge on any atom is -0.381 e. The van der Waals surface area contributed by atoms with E-state index in [0.29, 0.717) is 5.82 Å². The van der Waals surface area contributed by atoms with Gasteiger partial charge in [0, 0.05) is 12.7 Å². The zero-order chi connectivity index (χ0) is 9.42. The number of nitrogens with two attached hydrogens (primary N) is 1. The van der Waals surface area contributed by atoms with Crippen LogP contribution in [-0.4, -0.2) is 9.78 Å². The smallest absolute Gasteiger partial charge is 0.159 e. The number of halogens is 1. The molecule has 0 spiro atoms. The lowest BCUT2D eigenvalue weighted by Gasteiger charge is -2.33. The summed E-state index contributed by atoms with van der Waals surface area (Å²) in [6.07, 6.45) is 4.65. The molecule has 0 unspecified atom stereocenters. The Morgan fingerprint density at radius 3 is 2.85 bits per heavy atom. The first-order valence-corrected chi connectivity index (χ1v) is 5.44. The summed E-state index contributed by atoms with van der Waals surface area (Å²) in [6.45, 7) is 3.31. The number of anilines is 1. The number of aromatic nitrogens is 2. The normalized spacial score (nSPS) is 27.2. The van der Waals surface area contributed by atoms with Crippen LogP contribution < -0.4 is 5.73 Å². The second-order valence-electron chi connectivity index (χ2n) is 3.90. The van der Waals surface area contributed by atoms with Crippen LogP contribution in [0.15, 0.2) is 10.7 Å². The average Bonchev–Trinajstić information content (AvgIpc) is 2.40. The maximum Gasteiger partial charge on any atom is 0.159 e. The highest BCUT2D eigenvalue weighted by Crippen LogP contribution is 2.35. The Balaban J connectivity index is 2.01. The Bertz CT molecular complexity index is 288. The van der Waals surface area contributed by atoms with Gasteiger partial charge in [-0.05, 0) is 34.2 Å². The molecule has 0 amide bonds. The third kappa shape index (κ3) is 1.73. The van der Waals surface area contributed by atoms with Crippen LogP contribution in [0, 0.1) is 11.8 Å². The largest absolute Gasteiger partial charge is 0.381 e. The fourth-order valence-electron chi connectivity index (χ4n) is 1.75. The van der Waals surface area contributed by atoms with Crippen LogP contribution in [0.1, 0.15) is 19.8 Å². The number of nitrogens with zero attached hydrogens (tertiary/aromatic N) is 2. The summed E-state index contributed by atoms with van der Waals surface area (Å²) in [5.41, 5.74) is 5.63. The SMILES string of the molecule is C[C@H]1CC[C@@H]1Cn1cc(Br)c(N)n1. The summed E-state index contributed by atoms with van der Waals surface area (Å²) in [7, 11) is 0. The van der Waals surface area contributed by atoms with Crippen molar-refractivity contribution in [1.82, 2.24) is 9.78 Å². The molecule has 2 N–H and O–H groups in total. The predicted molar refractivity (Wildman–Crippen MR) is 56.2 cm³/mol. The molecule has 0 bridgehead atoms. The first-order valence-electron chi connectivity index (χ1n) is 4.65. The van der Waals surface area contributed by atoms with E-state index in [0.717, 1.165) is 22.9 Å². The van der Waals surface area contributed by atoms with Crippen molar-refractivity contribution < 1.29 is 0 Å². The Labute approximate surface area is 86.4 Å². The molecule has 0 radical (unpaired) electrons. The van der Waals surface area contributed by atoms with Gasteiger partial charge in [0.1, 0.15) is 0 Å². The topological polar surface area (TPSA) is 43.8 Å². The zero-order valence-corrected chi connectivity index (χ0v) is 9.29. The van der Waals surface area contributed by atoms with Gasteiger partial charge in [0.05, 0.1) is 4.47 Å². The maximum absolute atomic E-state index is 5.63. The van der Waals surface area contributed by atoms with E-state index in [9.17, 15) is 0 Å². The van der Waals surface area contributed by atoms with Gasteiger partial charge in [0.2, 0.25) is 0 Å². The molecule has 1 heterocycles. The summed E-state index contributed by atoms with van der Waals surface area (Å²) in [5.74, 6) is 2.24. The molecule has 72 valence electrons. The summed E-state index contributed by atoms with van der Waals surface area (Å²) in [6, 6.07) is 0. The first kappa shape index (κ1) is 9.06. The highest BCUT2D eigenvalue weighted by Gasteiger charge is 2.27. The highest BCUT2D eigenvalue weighted by atomic mass is 79.9. The van der Waals surface area contributed by atoms with Crippen LogP contribution in [0.4, 0.5) is 5.82 Å². The lowest BCUT2D eigenvalue weighted by atomic mass is 9.75. The quantitative estimate of drug-likeness (QED) is 0.867. The van der Waals surface area contributed by atoms with Gasteiger partial charge in [-0.1, -0.05) is 13.3 Å². The van der Waals surface area contributed by atoms with Crippen molar-refractivity contribution >= 4 is 21.7 Å². The van der Waals surface area contributed by atoms with Gasteiger partial charge in [-0.25, -0.2) is 0 Å². The first-order chi connectivity index (χ1) is 6.16. The summed E-state index contributed by atoms with van der Waals surface area (Å²) in [5, 5.41) is 4.21. The lowest BCUT2D eigenvalue weighted by Crippen LogP contribution is -2.27. The van der Waals surface area contributed by atoms with Crippen molar-refractivity contribution in [2.75, 3.05) is 5.73 Å². The number of hydrogen-bond donors (Lipinski definition) is 1. The van der Waals surface area contributed by atoms with Crippen LogP contribution >= 0.6 is 15.9 Å². The Kier molecular flexibility index (Phi) is 2.32. The maximum atomic E-state index is 5.63. The number of rotatable bonds is 2. The van der Waals surface area contributed by atoms with E-state index >= 15 is 0 Å². The van der Waals surface area contributed by atoms with Crippen LogP contribution in [0.25, 0.3) is 0 Å². The Hall–Kier alpha value is -0.510. The molecule has 3 nitrogen and oxygen atoms in total. The lowest BCUT2D eigenvalue weighted by molar-refractivity contribution is 0.165.